The van der Waals surface area contributed by atoms with Crippen LogP contribution in [0.3, 0.4) is 0 Å². The lowest BCUT2D eigenvalue weighted by atomic mass is 10.0. The number of hydrogen-bond acceptors (Lipinski definition) is 2. The van der Waals surface area contributed by atoms with Crippen LogP contribution in [0.1, 0.15) is 24.8 Å². The van der Waals surface area contributed by atoms with Gasteiger partial charge in [0, 0.05) is 6.04 Å². The van der Waals surface area contributed by atoms with Gasteiger partial charge in [0.1, 0.15) is 6.61 Å². The monoisotopic (exact) mass is 245 g/mol. The van der Waals surface area contributed by atoms with E-state index in [1.54, 1.807) is 0 Å². The molecule has 1 unspecified atom stereocenters. The van der Waals surface area contributed by atoms with Gasteiger partial charge in [0.05, 0.1) is 0 Å². The Balaban J connectivity index is 1.77. The predicted molar refractivity (Wildman–Crippen MR) is 71.1 cm³/mol. The van der Waals surface area contributed by atoms with E-state index in [-0.39, 0.29) is 12.1 Å². The lowest BCUT2D eigenvalue weighted by Crippen LogP contribution is -2.37. The molecule has 1 fully saturated rings. The van der Waals surface area contributed by atoms with Crippen LogP contribution < -0.4 is 5.32 Å². The second-order valence-electron chi connectivity index (χ2n) is 4.64. The van der Waals surface area contributed by atoms with Crippen LogP contribution >= 0.6 is 0 Å². The van der Waals surface area contributed by atoms with Gasteiger partial charge in [-0.2, -0.15) is 0 Å². The van der Waals surface area contributed by atoms with Crippen molar-refractivity contribution >= 4 is 6.09 Å². The number of alkyl carbamates (subject to hydrolysis) is 1. The number of nitrogens with one attached hydrogen (secondary N) is 1. The molecule has 2 atom stereocenters. The van der Waals surface area contributed by atoms with Gasteiger partial charge in [0.25, 0.3) is 0 Å². The first-order valence-corrected chi connectivity index (χ1v) is 6.39. The minimum absolute atomic E-state index is 0.186. The zero-order chi connectivity index (χ0) is 12.8. The predicted octanol–water partition coefficient (Wildman–Crippen LogP) is 3.27. The molecular formula is C15H19NO2. The molecule has 1 aliphatic carbocycles. The molecule has 1 aromatic carbocycles. The lowest BCUT2D eigenvalue weighted by molar-refractivity contribution is 0.134. The van der Waals surface area contributed by atoms with E-state index in [1.807, 2.05) is 36.4 Å². The molecule has 0 bridgehead atoms. The lowest BCUT2D eigenvalue weighted by Gasteiger charge is -2.17. The third-order valence-corrected chi connectivity index (χ3v) is 3.39. The van der Waals surface area contributed by atoms with E-state index in [4.69, 9.17) is 4.74 Å². The highest BCUT2D eigenvalue weighted by Gasteiger charge is 2.26. The number of amides is 1. The first kappa shape index (κ1) is 12.7. The fourth-order valence-corrected chi connectivity index (χ4v) is 2.37. The van der Waals surface area contributed by atoms with Gasteiger partial charge in [-0.15, -0.1) is 6.58 Å². The molecule has 0 aromatic heterocycles. The summed E-state index contributed by atoms with van der Waals surface area (Å²) in [6.45, 7) is 4.12. The van der Waals surface area contributed by atoms with Gasteiger partial charge in [-0.3, -0.25) is 0 Å². The standard InChI is InChI=1S/C15H19NO2/c1-2-13-9-6-10-14(13)16-15(17)18-11-12-7-4-3-5-8-12/h2-5,7-8,13-14H,1,6,9-11H2,(H,16,17)/t13-,14?/m0/s1. The summed E-state index contributed by atoms with van der Waals surface area (Å²) in [5, 5.41) is 2.92. The molecule has 1 amide bonds. The number of rotatable bonds is 4. The Labute approximate surface area is 108 Å². The maximum atomic E-state index is 11.7. The van der Waals surface area contributed by atoms with E-state index in [0.29, 0.717) is 12.5 Å². The van der Waals surface area contributed by atoms with Crippen LogP contribution in [0.2, 0.25) is 0 Å². The van der Waals surface area contributed by atoms with Crippen molar-refractivity contribution in [2.75, 3.05) is 0 Å². The second-order valence-corrected chi connectivity index (χ2v) is 4.64. The molecule has 96 valence electrons. The molecule has 0 radical (unpaired) electrons. The molecule has 1 saturated carbocycles. The van der Waals surface area contributed by atoms with Crippen molar-refractivity contribution in [1.82, 2.24) is 5.32 Å². The van der Waals surface area contributed by atoms with Crippen LogP contribution in [-0.4, -0.2) is 12.1 Å². The molecule has 2 rings (SSSR count). The van der Waals surface area contributed by atoms with Crippen molar-refractivity contribution in [3.05, 3.63) is 48.6 Å². The zero-order valence-electron chi connectivity index (χ0n) is 10.5. The van der Waals surface area contributed by atoms with Crippen LogP contribution in [0.25, 0.3) is 0 Å². The normalized spacial score (nSPS) is 22.4. The largest absolute Gasteiger partial charge is 0.445 e. The molecule has 0 aliphatic heterocycles. The average Bonchev–Trinajstić information content (AvgIpc) is 2.85. The Kier molecular flexibility index (Phi) is 4.40. The van der Waals surface area contributed by atoms with Crippen molar-refractivity contribution in [2.24, 2.45) is 5.92 Å². The van der Waals surface area contributed by atoms with Gasteiger partial charge in [0.15, 0.2) is 0 Å². The molecule has 0 saturated heterocycles. The SMILES string of the molecule is C=C[C@H]1CCCC1NC(=O)OCc1ccccc1. The molecule has 1 aromatic rings. The van der Waals surface area contributed by atoms with Gasteiger partial charge >= 0.3 is 6.09 Å². The zero-order valence-corrected chi connectivity index (χ0v) is 10.5. The summed E-state index contributed by atoms with van der Waals surface area (Å²) in [6.07, 6.45) is 4.84. The minimum Gasteiger partial charge on any atom is -0.445 e. The van der Waals surface area contributed by atoms with Crippen molar-refractivity contribution < 1.29 is 9.53 Å². The van der Waals surface area contributed by atoms with E-state index in [2.05, 4.69) is 11.9 Å². The number of carbonyl (C=O) groups is 1. The minimum atomic E-state index is -0.336. The number of benzene rings is 1. The Morgan fingerprint density at radius 1 is 1.39 bits per heavy atom. The fourth-order valence-electron chi connectivity index (χ4n) is 2.37. The number of ether oxygens (including phenoxy) is 1. The fraction of sp³-hybridized carbons (Fsp3) is 0.400. The average molecular weight is 245 g/mol. The molecule has 3 nitrogen and oxygen atoms in total. The van der Waals surface area contributed by atoms with E-state index in [0.717, 1.165) is 24.8 Å². The van der Waals surface area contributed by atoms with Crippen molar-refractivity contribution in [1.29, 1.82) is 0 Å². The Morgan fingerprint density at radius 2 is 2.17 bits per heavy atom. The Morgan fingerprint density at radius 3 is 2.89 bits per heavy atom. The van der Waals surface area contributed by atoms with Crippen LogP contribution in [0.15, 0.2) is 43.0 Å². The topological polar surface area (TPSA) is 38.3 Å². The van der Waals surface area contributed by atoms with E-state index in [1.165, 1.54) is 0 Å². The maximum Gasteiger partial charge on any atom is 0.407 e. The van der Waals surface area contributed by atoms with Gasteiger partial charge in [0.2, 0.25) is 0 Å². The molecule has 0 heterocycles. The molecule has 18 heavy (non-hydrogen) atoms. The third-order valence-electron chi connectivity index (χ3n) is 3.39. The highest BCUT2D eigenvalue weighted by Crippen LogP contribution is 2.26. The van der Waals surface area contributed by atoms with E-state index < -0.39 is 0 Å². The number of hydrogen-bond donors (Lipinski definition) is 1. The molecular weight excluding hydrogens is 226 g/mol. The quantitative estimate of drug-likeness (QED) is 0.827. The summed E-state index contributed by atoms with van der Waals surface area (Å²) in [5.41, 5.74) is 0.999. The summed E-state index contributed by atoms with van der Waals surface area (Å²) < 4.78 is 5.20. The summed E-state index contributed by atoms with van der Waals surface area (Å²) in [6, 6.07) is 9.87. The van der Waals surface area contributed by atoms with Crippen molar-refractivity contribution in [2.45, 2.75) is 31.9 Å². The van der Waals surface area contributed by atoms with E-state index in [9.17, 15) is 4.79 Å². The van der Waals surface area contributed by atoms with Gasteiger partial charge in [-0.1, -0.05) is 42.8 Å². The smallest absolute Gasteiger partial charge is 0.407 e. The van der Waals surface area contributed by atoms with Crippen LogP contribution in [0, 0.1) is 5.92 Å². The highest BCUT2D eigenvalue weighted by molar-refractivity contribution is 5.67. The summed E-state index contributed by atoms with van der Waals surface area (Å²) in [7, 11) is 0. The second kappa shape index (κ2) is 6.24. The van der Waals surface area contributed by atoms with Gasteiger partial charge < -0.3 is 10.1 Å². The molecule has 0 spiro atoms. The van der Waals surface area contributed by atoms with Crippen LogP contribution in [-0.2, 0) is 11.3 Å². The molecule has 1 aliphatic rings. The van der Waals surface area contributed by atoms with Gasteiger partial charge in [-0.05, 0) is 24.3 Å². The summed E-state index contributed by atoms with van der Waals surface area (Å²) in [5.74, 6) is 0.384. The van der Waals surface area contributed by atoms with Crippen molar-refractivity contribution in [3.63, 3.8) is 0 Å². The Hall–Kier alpha value is -1.77. The Bertz CT molecular complexity index is 402. The maximum absolute atomic E-state index is 11.7. The first-order valence-electron chi connectivity index (χ1n) is 6.39. The van der Waals surface area contributed by atoms with E-state index >= 15 is 0 Å². The number of carbonyl (C=O) groups excluding carboxylic acids is 1. The molecule has 3 heteroatoms. The summed E-state index contributed by atoms with van der Waals surface area (Å²) >= 11 is 0. The highest BCUT2D eigenvalue weighted by atomic mass is 16.5. The van der Waals surface area contributed by atoms with Crippen molar-refractivity contribution in [3.8, 4) is 0 Å². The third kappa shape index (κ3) is 3.36. The summed E-state index contributed by atoms with van der Waals surface area (Å²) in [4.78, 5) is 11.7. The van der Waals surface area contributed by atoms with Gasteiger partial charge in [-0.25, -0.2) is 4.79 Å². The van der Waals surface area contributed by atoms with Crippen LogP contribution in [0.4, 0.5) is 4.79 Å². The van der Waals surface area contributed by atoms with Crippen LogP contribution in [0.5, 0.6) is 0 Å². The first-order chi connectivity index (χ1) is 8.79. The molecule has 1 N–H and O–H groups in total.